The molecule has 0 aromatic carbocycles. The van der Waals surface area contributed by atoms with Crippen molar-refractivity contribution < 1.29 is 14.3 Å². The molecule has 4 aliphatic rings. The first-order valence-electron chi connectivity index (χ1n) is 10.1. The minimum absolute atomic E-state index is 0.0596. The van der Waals surface area contributed by atoms with Crippen LogP contribution in [0.4, 0.5) is 4.39 Å². The van der Waals surface area contributed by atoms with Crippen molar-refractivity contribution in [1.82, 2.24) is 0 Å². The van der Waals surface area contributed by atoms with Gasteiger partial charge in [0.15, 0.2) is 0 Å². The molecule has 0 spiro atoms. The summed E-state index contributed by atoms with van der Waals surface area (Å²) in [5, 5.41) is 10.4. The van der Waals surface area contributed by atoms with Gasteiger partial charge in [-0.2, -0.15) is 0 Å². The number of fused-ring (bicyclic) bond motifs is 5. The average Bonchev–Trinajstić information content (AvgIpc) is 2.85. The van der Waals surface area contributed by atoms with Gasteiger partial charge < -0.3 is 5.11 Å². The van der Waals surface area contributed by atoms with Gasteiger partial charge in [0.25, 0.3) is 0 Å². The minimum atomic E-state index is -0.762. The Morgan fingerprint density at radius 2 is 1.67 bits per heavy atom. The van der Waals surface area contributed by atoms with E-state index in [4.69, 9.17) is 0 Å². The van der Waals surface area contributed by atoms with Crippen molar-refractivity contribution in [2.45, 2.75) is 83.9 Å². The van der Waals surface area contributed by atoms with Crippen LogP contribution in [0, 0.1) is 40.9 Å². The lowest BCUT2D eigenvalue weighted by atomic mass is 9.48. The van der Waals surface area contributed by atoms with E-state index in [0.29, 0.717) is 42.3 Å². The fourth-order valence-corrected chi connectivity index (χ4v) is 7.67. The minimum Gasteiger partial charge on any atom is -0.390 e. The van der Waals surface area contributed by atoms with Crippen LogP contribution in [0.2, 0.25) is 0 Å². The second kappa shape index (κ2) is 5.53. The Morgan fingerprint density at radius 1 is 1.00 bits per heavy atom. The number of rotatable bonds is 1. The fraction of sp³-hybridized carbons (Fsp3) is 0.952. The maximum absolute atomic E-state index is 15.1. The monoisotopic (exact) mass is 336 g/mol. The summed E-state index contributed by atoms with van der Waals surface area (Å²) in [6, 6.07) is 0. The standard InChI is InChI=1S/C21H33FO2/c1-12(23)17-4-5-18-15-10-19(22)16-11-20(2,24)8-6-14(16)13(15)7-9-21(17,18)3/h13-19,24H,4-11H2,1-3H3/t13-,14-,15-,16+,17-,18+,19?,20-,21-/m1/s1. The van der Waals surface area contributed by atoms with Crippen LogP contribution in [0.15, 0.2) is 0 Å². The number of alkyl halides is 1. The van der Waals surface area contributed by atoms with Crippen molar-refractivity contribution in [1.29, 1.82) is 0 Å². The van der Waals surface area contributed by atoms with Crippen molar-refractivity contribution in [2.75, 3.05) is 0 Å². The molecular formula is C21H33FO2. The van der Waals surface area contributed by atoms with Crippen LogP contribution < -0.4 is 0 Å². The zero-order valence-electron chi connectivity index (χ0n) is 15.4. The topological polar surface area (TPSA) is 37.3 Å². The Hall–Kier alpha value is -0.440. The van der Waals surface area contributed by atoms with Gasteiger partial charge in [-0.3, -0.25) is 4.79 Å². The predicted molar refractivity (Wildman–Crippen MR) is 92.2 cm³/mol. The second-order valence-electron chi connectivity index (χ2n) is 10.0. The van der Waals surface area contributed by atoms with E-state index in [2.05, 4.69) is 6.92 Å². The van der Waals surface area contributed by atoms with E-state index in [-0.39, 0.29) is 17.3 Å². The predicted octanol–water partition coefficient (Wildman–Crippen LogP) is 4.54. The number of ketones is 1. The van der Waals surface area contributed by atoms with Crippen molar-refractivity contribution >= 4 is 5.78 Å². The van der Waals surface area contributed by atoms with E-state index >= 15 is 4.39 Å². The summed E-state index contributed by atoms with van der Waals surface area (Å²) in [4.78, 5) is 12.1. The van der Waals surface area contributed by atoms with Crippen LogP contribution in [-0.2, 0) is 4.79 Å². The first-order valence-corrected chi connectivity index (χ1v) is 10.1. The van der Waals surface area contributed by atoms with Crippen molar-refractivity contribution in [2.24, 2.45) is 40.9 Å². The first-order chi connectivity index (χ1) is 11.2. The van der Waals surface area contributed by atoms with Crippen LogP contribution in [0.3, 0.4) is 0 Å². The highest BCUT2D eigenvalue weighted by atomic mass is 19.1. The summed E-state index contributed by atoms with van der Waals surface area (Å²) in [6.45, 7) is 5.95. The number of hydrogen-bond acceptors (Lipinski definition) is 2. The van der Waals surface area contributed by atoms with E-state index in [0.717, 1.165) is 38.5 Å². The molecule has 0 amide bonds. The van der Waals surface area contributed by atoms with E-state index in [1.807, 2.05) is 6.92 Å². The van der Waals surface area contributed by atoms with Gasteiger partial charge in [0.2, 0.25) is 0 Å². The molecule has 1 unspecified atom stereocenters. The third-order valence-electron chi connectivity index (χ3n) is 8.74. The molecule has 0 heterocycles. The third kappa shape index (κ3) is 2.40. The lowest BCUT2D eigenvalue weighted by Crippen LogP contribution is -2.54. The quantitative estimate of drug-likeness (QED) is 0.763. The normalized spacial score (nSPS) is 57.0. The highest BCUT2D eigenvalue weighted by molar-refractivity contribution is 5.79. The molecule has 1 N–H and O–H groups in total. The highest BCUT2D eigenvalue weighted by Crippen LogP contribution is 2.64. The molecule has 24 heavy (non-hydrogen) atoms. The molecule has 4 aliphatic carbocycles. The van der Waals surface area contributed by atoms with Gasteiger partial charge in [-0.15, -0.1) is 0 Å². The van der Waals surface area contributed by atoms with Crippen LogP contribution in [-0.4, -0.2) is 22.7 Å². The van der Waals surface area contributed by atoms with E-state index in [1.54, 1.807) is 6.92 Å². The zero-order valence-corrected chi connectivity index (χ0v) is 15.4. The van der Waals surface area contributed by atoms with Crippen LogP contribution >= 0.6 is 0 Å². The SMILES string of the molecule is CC(=O)[C@H]1CC[C@H]2[C@@H]3CC(F)[C@H]4C[C@](C)(O)CC[C@@H]4[C@H]3CC[C@]12C. The number of carbonyl (C=O) groups is 1. The maximum Gasteiger partial charge on any atom is 0.133 e. The van der Waals surface area contributed by atoms with E-state index < -0.39 is 11.8 Å². The molecule has 0 aromatic heterocycles. The van der Waals surface area contributed by atoms with Crippen LogP contribution in [0.1, 0.15) is 72.1 Å². The number of aliphatic hydroxyl groups is 1. The number of hydrogen-bond donors (Lipinski definition) is 1. The van der Waals surface area contributed by atoms with Gasteiger partial charge in [0.1, 0.15) is 12.0 Å². The third-order valence-corrected chi connectivity index (χ3v) is 8.74. The van der Waals surface area contributed by atoms with Gasteiger partial charge in [-0.05, 0) is 100 Å². The fourth-order valence-electron chi connectivity index (χ4n) is 7.67. The average molecular weight is 336 g/mol. The lowest BCUT2D eigenvalue weighted by molar-refractivity contribution is -0.137. The van der Waals surface area contributed by atoms with Crippen molar-refractivity contribution in [3.05, 3.63) is 0 Å². The molecule has 136 valence electrons. The van der Waals surface area contributed by atoms with Gasteiger partial charge in [0.05, 0.1) is 5.60 Å². The molecule has 0 aromatic rings. The Labute approximate surface area is 145 Å². The van der Waals surface area contributed by atoms with E-state index in [1.165, 1.54) is 0 Å². The Bertz CT molecular complexity index is 530. The summed E-state index contributed by atoms with van der Waals surface area (Å²) in [6.07, 6.45) is 6.79. The van der Waals surface area contributed by atoms with Crippen molar-refractivity contribution in [3.8, 4) is 0 Å². The highest BCUT2D eigenvalue weighted by Gasteiger charge is 2.60. The number of carbonyl (C=O) groups excluding carboxylic acids is 1. The Kier molecular flexibility index (Phi) is 3.91. The summed E-state index contributed by atoms with van der Waals surface area (Å²) in [5.41, 5.74) is -0.561. The largest absolute Gasteiger partial charge is 0.390 e. The number of Topliss-reactive ketones (excluding diaryl/α,β-unsaturated/α-hetero) is 1. The molecular weight excluding hydrogens is 303 g/mol. The molecule has 4 fully saturated rings. The maximum atomic E-state index is 15.1. The zero-order chi connectivity index (χ0) is 17.3. The van der Waals surface area contributed by atoms with Crippen molar-refractivity contribution in [3.63, 3.8) is 0 Å². The molecule has 3 heteroatoms. The molecule has 0 radical (unpaired) electrons. The molecule has 0 bridgehead atoms. The van der Waals surface area contributed by atoms with Gasteiger partial charge in [-0.25, -0.2) is 4.39 Å². The van der Waals surface area contributed by atoms with Crippen LogP contribution in [0.5, 0.6) is 0 Å². The molecule has 2 nitrogen and oxygen atoms in total. The number of halogens is 1. The lowest BCUT2D eigenvalue weighted by Gasteiger charge is -2.57. The van der Waals surface area contributed by atoms with E-state index in [9.17, 15) is 9.90 Å². The summed E-state index contributed by atoms with van der Waals surface area (Å²) >= 11 is 0. The molecule has 4 saturated carbocycles. The van der Waals surface area contributed by atoms with Crippen LogP contribution in [0.25, 0.3) is 0 Å². The van der Waals surface area contributed by atoms with Gasteiger partial charge in [-0.1, -0.05) is 6.92 Å². The Balaban J connectivity index is 1.60. The van der Waals surface area contributed by atoms with Gasteiger partial charge in [0, 0.05) is 5.92 Å². The Morgan fingerprint density at radius 3 is 2.38 bits per heavy atom. The summed E-state index contributed by atoms with van der Waals surface area (Å²) < 4.78 is 15.1. The summed E-state index contributed by atoms with van der Waals surface area (Å²) in [5.74, 6) is 2.69. The molecule has 0 aliphatic heterocycles. The first kappa shape index (κ1) is 17.0. The molecule has 0 saturated heterocycles. The molecule has 9 atom stereocenters. The molecule has 4 rings (SSSR count). The summed E-state index contributed by atoms with van der Waals surface area (Å²) in [7, 11) is 0. The smallest absolute Gasteiger partial charge is 0.133 e. The van der Waals surface area contributed by atoms with Gasteiger partial charge >= 0.3 is 0 Å². The second-order valence-corrected chi connectivity index (χ2v) is 10.0.